The average Bonchev–Trinajstić information content (AvgIpc) is 3.32. The number of hydrogen-bond acceptors (Lipinski definition) is 6. The van der Waals surface area contributed by atoms with Gasteiger partial charge in [-0.05, 0) is 64.8 Å². The van der Waals surface area contributed by atoms with E-state index in [9.17, 15) is 14.9 Å². The van der Waals surface area contributed by atoms with Crippen molar-refractivity contribution >= 4 is 56.4 Å². The van der Waals surface area contributed by atoms with Crippen LogP contribution in [0.15, 0.2) is 51.4 Å². The summed E-state index contributed by atoms with van der Waals surface area (Å²) in [6.45, 7) is 2.10. The molecule has 0 saturated carbocycles. The number of ketones is 1. The summed E-state index contributed by atoms with van der Waals surface area (Å²) in [6, 6.07) is 9.41. The number of nitrogens with zero attached hydrogens (tertiary/aromatic N) is 1. The molecule has 2 aromatic heterocycles. The van der Waals surface area contributed by atoms with Crippen molar-refractivity contribution < 1.29 is 18.9 Å². The largest absolute Gasteiger partial charge is 0.479 e. The van der Waals surface area contributed by atoms with Crippen molar-refractivity contribution in [3.63, 3.8) is 0 Å². The van der Waals surface area contributed by atoms with E-state index in [-0.39, 0.29) is 28.8 Å². The molecule has 6 nitrogen and oxygen atoms in total. The summed E-state index contributed by atoms with van der Waals surface area (Å²) in [7, 11) is 0. The van der Waals surface area contributed by atoms with Gasteiger partial charge in [-0.25, -0.2) is 0 Å². The van der Waals surface area contributed by atoms with Gasteiger partial charge in [-0.2, -0.15) is 0 Å². The smallest absolute Gasteiger partial charge is 0.312 e. The van der Waals surface area contributed by atoms with E-state index in [0.717, 1.165) is 22.2 Å². The van der Waals surface area contributed by atoms with Gasteiger partial charge in [0.15, 0.2) is 11.5 Å². The molecule has 0 spiro atoms. The Morgan fingerprint density at radius 1 is 1.33 bits per heavy atom. The lowest BCUT2D eigenvalue weighted by atomic mass is 10.2. The fourth-order valence-corrected chi connectivity index (χ4v) is 4.69. The van der Waals surface area contributed by atoms with Crippen LogP contribution in [0.4, 0.5) is 5.69 Å². The molecule has 0 unspecified atom stereocenters. The van der Waals surface area contributed by atoms with Gasteiger partial charge in [0.1, 0.15) is 18.1 Å². The second kappa shape index (κ2) is 10.1. The van der Waals surface area contributed by atoms with Gasteiger partial charge in [-0.15, -0.1) is 11.3 Å². The second-order valence-electron chi connectivity index (χ2n) is 6.29. The minimum Gasteiger partial charge on any atom is -0.479 e. The van der Waals surface area contributed by atoms with Crippen molar-refractivity contribution in [2.75, 3.05) is 0 Å². The summed E-state index contributed by atoms with van der Waals surface area (Å²) in [4.78, 5) is 24.8. The Hall–Kier alpha value is -2.42. The molecule has 0 bridgehead atoms. The highest BCUT2D eigenvalue weighted by Crippen LogP contribution is 2.31. The van der Waals surface area contributed by atoms with Crippen LogP contribution in [0, 0.1) is 10.1 Å². The highest BCUT2D eigenvalue weighted by atomic mass is 79.9. The highest BCUT2D eigenvalue weighted by Gasteiger charge is 2.16. The summed E-state index contributed by atoms with van der Waals surface area (Å²) < 4.78 is 12.1. The molecule has 2 heterocycles. The van der Waals surface area contributed by atoms with Crippen molar-refractivity contribution in [3.05, 3.63) is 83.4 Å². The number of hydrogen-bond donors (Lipinski definition) is 0. The average molecular weight is 511 g/mol. The number of benzene rings is 1. The van der Waals surface area contributed by atoms with Crippen LogP contribution in [0.2, 0.25) is 5.02 Å². The molecule has 0 atom stereocenters. The first-order valence-corrected chi connectivity index (χ1v) is 11.0. The summed E-state index contributed by atoms with van der Waals surface area (Å²) in [5.74, 6) is 0.945. The van der Waals surface area contributed by atoms with E-state index in [1.807, 2.05) is 6.07 Å². The number of carbonyl (C=O) groups excluding carboxylic acids is 1. The molecule has 9 heteroatoms. The van der Waals surface area contributed by atoms with E-state index in [1.165, 1.54) is 35.6 Å². The van der Waals surface area contributed by atoms with Crippen LogP contribution in [0.5, 0.6) is 5.75 Å². The Balaban J connectivity index is 1.63. The molecule has 3 rings (SSSR count). The van der Waals surface area contributed by atoms with Gasteiger partial charge in [0.2, 0.25) is 0 Å². The van der Waals surface area contributed by atoms with Crippen LogP contribution in [0.3, 0.4) is 0 Å². The van der Waals surface area contributed by atoms with Crippen molar-refractivity contribution in [3.8, 4) is 5.75 Å². The normalized spacial score (nSPS) is 11.2. The summed E-state index contributed by atoms with van der Waals surface area (Å²) in [5.41, 5.74) is -0.218. The maximum atomic E-state index is 12.4. The minimum absolute atomic E-state index is 0.00249. The molecule has 0 aliphatic heterocycles. The van der Waals surface area contributed by atoms with Crippen LogP contribution >= 0.6 is 38.9 Å². The van der Waals surface area contributed by atoms with Crippen LogP contribution < -0.4 is 4.74 Å². The van der Waals surface area contributed by atoms with Crippen molar-refractivity contribution in [1.82, 2.24) is 0 Å². The third-order valence-electron chi connectivity index (χ3n) is 4.05. The molecule has 30 heavy (non-hydrogen) atoms. The maximum Gasteiger partial charge on any atom is 0.312 e. The standard InChI is InChI=1S/C21H17BrClNO5S/c1-2-3-20-16(22)11-21(30-20)18(25)8-7-14-5-6-15(29-14)12-28-19-9-4-13(23)10-17(19)24(26)27/h4-11H,2-3,12H2,1H3/b8-7+. The lowest BCUT2D eigenvalue weighted by Crippen LogP contribution is -1.98. The monoisotopic (exact) mass is 509 g/mol. The molecule has 0 aliphatic rings. The number of ether oxygens (including phenoxy) is 1. The van der Waals surface area contributed by atoms with Gasteiger partial charge in [0, 0.05) is 20.4 Å². The number of furan rings is 1. The molecule has 0 aliphatic carbocycles. The van der Waals surface area contributed by atoms with Crippen molar-refractivity contribution in [2.24, 2.45) is 0 Å². The molecular weight excluding hydrogens is 494 g/mol. The number of rotatable bonds is 9. The van der Waals surface area contributed by atoms with Gasteiger partial charge in [-0.1, -0.05) is 24.9 Å². The summed E-state index contributed by atoms with van der Waals surface area (Å²) >= 11 is 10.8. The molecule has 0 saturated heterocycles. The number of nitro benzene ring substituents is 1. The van der Waals surface area contributed by atoms with Crippen LogP contribution in [0.1, 0.15) is 39.4 Å². The topological polar surface area (TPSA) is 82.6 Å². The number of halogens is 2. The van der Waals surface area contributed by atoms with E-state index in [2.05, 4.69) is 22.9 Å². The van der Waals surface area contributed by atoms with Gasteiger partial charge in [0.05, 0.1) is 9.80 Å². The van der Waals surface area contributed by atoms with Gasteiger partial charge >= 0.3 is 5.69 Å². The minimum atomic E-state index is -0.558. The molecule has 0 radical (unpaired) electrons. The number of carbonyl (C=O) groups is 1. The Morgan fingerprint density at radius 2 is 2.13 bits per heavy atom. The second-order valence-corrected chi connectivity index (χ2v) is 8.72. The van der Waals surface area contributed by atoms with E-state index in [1.54, 1.807) is 18.2 Å². The third kappa shape index (κ3) is 5.59. The Bertz CT molecular complexity index is 1100. The number of aryl methyl sites for hydroxylation is 1. The van der Waals surface area contributed by atoms with Gasteiger partial charge < -0.3 is 9.15 Å². The Labute approximate surface area is 190 Å². The van der Waals surface area contributed by atoms with E-state index >= 15 is 0 Å². The third-order valence-corrected chi connectivity index (χ3v) is 6.46. The molecule has 0 fully saturated rings. The Kier molecular flexibility index (Phi) is 7.47. The number of nitro groups is 1. The molecule has 156 valence electrons. The van der Waals surface area contributed by atoms with Crippen LogP contribution in [-0.4, -0.2) is 10.7 Å². The molecule has 0 amide bonds. The Morgan fingerprint density at radius 3 is 2.87 bits per heavy atom. The lowest BCUT2D eigenvalue weighted by Gasteiger charge is -2.05. The first kappa shape index (κ1) is 22.3. The van der Waals surface area contributed by atoms with Gasteiger partial charge in [0.25, 0.3) is 0 Å². The first-order chi connectivity index (χ1) is 14.4. The molecular formula is C21H17BrClNO5S. The van der Waals surface area contributed by atoms with Gasteiger partial charge in [-0.3, -0.25) is 14.9 Å². The maximum absolute atomic E-state index is 12.4. The van der Waals surface area contributed by atoms with E-state index in [0.29, 0.717) is 16.4 Å². The predicted octanol–water partition coefficient (Wildman–Crippen LogP) is 7.09. The predicted molar refractivity (Wildman–Crippen MR) is 121 cm³/mol. The summed E-state index contributed by atoms with van der Waals surface area (Å²) in [5, 5.41) is 11.4. The van der Waals surface area contributed by atoms with E-state index in [4.69, 9.17) is 20.8 Å². The van der Waals surface area contributed by atoms with Crippen LogP contribution in [0.25, 0.3) is 6.08 Å². The quantitative estimate of drug-likeness (QED) is 0.133. The zero-order valence-corrected chi connectivity index (χ0v) is 19.1. The zero-order chi connectivity index (χ0) is 21.7. The fraction of sp³-hybridized carbons (Fsp3) is 0.190. The molecule has 1 aromatic carbocycles. The van der Waals surface area contributed by atoms with Crippen LogP contribution in [-0.2, 0) is 13.0 Å². The number of thiophene rings is 1. The van der Waals surface area contributed by atoms with Crippen molar-refractivity contribution in [1.29, 1.82) is 0 Å². The fourth-order valence-electron chi connectivity index (χ4n) is 2.63. The SMILES string of the molecule is CCCc1sc(C(=O)/C=C/c2ccc(COc3ccc(Cl)cc3[N+](=O)[O-])o2)cc1Br. The zero-order valence-electron chi connectivity index (χ0n) is 15.9. The highest BCUT2D eigenvalue weighted by molar-refractivity contribution is 9.10. The lowest BCUT2D eigenvalue weighted by molar-refractivity contribution is -0.385. The molecule has 0 N–H and O–H groups in total. The summed E-state index contributed by atoms with van der Waals surface area (Å²) in [6.07, 6.45) is 4.99. The number of allylic oxidation sites excluding steroid dienone is 1. The van der Waals surface area contributed by atoms with Crippen molar-refractivity contribution in [2.45, 2.75) is 26.4 Å². The molecule has 3 aromatic rings. The van der Waals surface area contributed by atoms with E-state index < -0.39 is 4.92 Å². The first-order valence-electron chi connectivity index (χ1n) is 9.03.